The normalized spacial score (nSPS) is 12.7. The van der Waals surface area contributed by atoms with E-state index in [0.29, 0.717) is 0 Å². The molecule has 1 atom stereocenters. The van der Waals surface area contributed by atoms with Gasteiger partial charge in [-0.3, -0.25) is 9.67 Å². The van der Waals surface area contributed by atoms with Crippen LogP contribution in [0.5, 0.6) is 0 Å². The third-order valence-electron chi connectivity index (χ3n) is 3.40. The van der Waals surface area contributed by atoms with Gasteiger partial charge >= 0.3 is 0 Å². The minimum absolute atomic E-state index is 0.136. The van der Waals surface area contributed by atoms with Crippen LogP contribution in [-0.2, 0) is 7.05 Å². The van der Waals surface area contributed by atoms with E-state index in [1.807, 2.05) is 43.3 Å². The quantitative estimate of drug-likeness (QED) is 0.777. The summed E-state index contributed by atoms with van der Waals surface area (Å²) in [4.78, 5) is 4.35. The zero-order valence-electron chi connectivity index (χ0n) is 11.0. The molecule has 19 heavy (non-hydrogen) atoms. The first kappa shape index (κ1) is 11.9. The van der Waals surface area contributed by atoms with Gasteiger partial charge in [-0.05, 0) is 36.9 Å². The van der Waals surface area contributed by atoms with E-state index in [0.717, 1.165) is 16.6 Å². The second-order valence-electron chi connectivity index (χ2n) is 4.56. The Bertz CT molecular complexity index is 702. The molecule has 2 aromatic heterocycles. The number of aromatic nitrogens is 3. The maximum Gasteiger partial charge on any atom is 0.0745 e. The van der Waals surface area contributed by atoms with Gasteiger partial charge < -0.3 is 5.32 Å². The number of pyridine rings is 1. The molecule has 0 spiro atoms. The molecule has 4 heteroatoms. The van der Waals surface area contributed by atoms with Gasteiger partial charge in [0.25, 0.3) is 0 Å². The highest BCUT2D eigenvalue weighted by molar-refractivity contribution is 5.79. The molecule has 3 aromatic rings. The highest BCUT2D eigenvalue weighted by Gasteiger charge is 2.15. The van der Waals surface area contributed by atoms with Gasteiger partial charge in [-0.1, -0.05) is 12.1 Å². The SMILES string of the molecule is CNC(c1ccc2ncccc2c1)c1ccnn1C. The lowest BCUT2D eigenvalue weighted by molar-refractivity contribution is 0.606. The molecule has 0 aliphatic heterocycles. The van der Waals surface area contributed by atoms with Crippen LogP contribution in [0.15, 0.2) is 48.8 Å². The van der Waals surface area contributed by atoms with Crippen LogP contribution in [0.3, 0.4) is 0 Å². The zero-order chi connectivity index (χ0) is 13.2. The summed E-state index contributed by atoms with van der Waals surface area (Å²) in [5.74, 6) is 0. The Labute approximate surface area is 112 Å². The smallest absolute Gasteiger partial charge is 0.0745 e. The molecule has 0 amide bonds. The molecule has 1 aromatic carbocycles. The lowest BCUT2D eigenvalue weighted by Gasteiger charge is -2.17. The molecule has 0 saturated carbocycles. The van der Waals surface area contributed by atoms with Crippen molar-refractivity contribution in [1.29, 1.82) is 0 Å². The zero-order valence-corrected chi connectivity index (χ0v) is 11.0. The lowest BCUT2D eigenvalue weighted by Crippen LogP contribution is -2.20. The highest BCUT2D eigenvalue weighted by atomic mass is 15.3. The monoisotopic (exact) mass is 252 g/mol. The van der Waals surface area contributed by atoms with Gasteiger partial charge in [-0.2, -0.15) is 5.10 Å². The number of benzene rings is 1. The Balaban J connectivity index is 2.09. The molecule has 2 heterocycles. The van der Waals surface area contributed by atoms with Crippen molar-refractivity contribution in [2.24, 2.45) is 7.05 Å². The average Bonchev–Trinajstić information content (AvgIpc) is 2.86. The van der Waals surface area contributed by atoms with Crippen LogP contribution in [0.25, 0.3) is 10.9 Å². The molecule has 1 unspecified atom stereocenters. The van der Waals surface area contributed by atoms with Crippen molar-refractivity contribution in [3.8, 4) is 0 Å². The van der Waals surface area contributed by atoms with E-state index in [4.69, 9.17) is 0 Å². The molecule has 0 aliphatic carbocycles. The van der Waals surface area contributed by atoms with Crippen molar-refractivity contribution in [3.63, 3.8) is 0 Å². The second-order valence-corrected chi connectivity index (χ2v) is 4.56. The van der Waals surface area contributed by atoms with Gasteiger partial charge in [0.2, 0.25) is 0 Å². The maximum absolute atomic E-state index is 4.35. The van der Waals surface area contributed by atoms with Crippen molar-refractivity contribution in [2.75, 3.05) is 7.05 Å². The van der Waals surface area contributed by atoms with E-state index in [9.17, 15) is 0 Å². The fourth-order valence-corrected chi connectivity index (χ4v) is 2.43. The third kappa shape index (κ3) is 2.11. The second kappa shape index (κ2) is 4.82. The molecule has 0 bridgehead atoms. The summed E-state index contributed by atoms with van der Waals surface area (Å²) in [7, 11) is 3.92. The number of hydrogen-bond donors (Lipinski definition) is 1. The fourth-order valence-electron chi connectivity index (χ4n) is 2.43. The third-order valence-corrected chi connectivity index (χ3v) is 3.40. The minimum Gasteiger partial charge on any atom is -0.308 e. The van der Waals surface area contributed by atoms with Crippen LogP contribution in [0.1, 0.15) is 17.3 Å². The predicted octanol–water partition coefficient (Wildman–Crippen LogP) is 2.28. The largest absolute Gasteiger partial charge is 0.308 e. The van der Waals surface area contributed by atoms with Crippen LogP contribution < -0.4 is 5.32 Å². The van der Waals surface area contributed by atoms with E-state index < -0.39 is 0 Å². The van der Waals surface area contributed by atoms with E-state index in [-0.39, 0.29) is 6.04 Å². The van der Waals surface area contributed by atoms with Gasteiger partial charge in [0.15, 0.2) is 0 Å². The number of nitrogens with one attached hydrogen (secondary N) is 1. The van der Waals surface area contributed by atoms with E-state index in [1.165, 1.54) is 5.56 Å². The summed E-state index contributed by atoms with van der Waals surface area (Å²) < 4.78 is 1.90. The number of nitrogens with zero attached hydrogens (tertiary/aromatic N) is 3. The molecule has 96 valence electrons. The van der Waals surface area contributed by atoms with Crippen molar-refractivity contribution in [3.05, 3.63) is 60.0 Å². The summed E-state index contributed by atoms with van der Waals surface area (Å²) >= 11 is 0. The van der Waals surface area contributed by atoms with Crippen molar-refractivity contribution < 1.29 is 0 Å². The molecule has 0 fully saturated rings. The summed E-state index contributed by atoms with van der Waals surface area (Å²) in [6, 6.07) is 12.6. The summed E-state index contributed by atoms with van der Waals surface area (Å²) in [6.07, 6.45) is 3.64. The molecular formula is C15H16N4. The van der Waals surface area contributed by atoms with Gasteiger partial charge in [0.1, 0.15) is 0 Å². The van der Waals surface area contributed by atoms with E-state index in [2.05, 4.69) is 39.7 Å². The first-order chi connectivity index (χ1) is 9.29. The molecule has 1 N–H and O–H groups in total. The Morgan fingerprint density at radius 3 is 2.79 bits per heavy atom. The van der Waals surface area contributed by atoms with Gasteiger partial charge in [0, 0.05) is 24.8 Å². The Morgan fingerprint density at radius 1 is 1.16 bits per heavy atom. The summed E-state index contributed by atoms with van der Waals surface area (Å²) in [5, 5.41) is 8.74. The first-order valence-corrected chi connectivity index (χ1v) is 6.29. The molecule has 4 nitrogen and oxygen atoms in total. The standard InChI is InChI=1S/C15H16N4/c1-16-15(14-7-9-18-19(14)2)12-5-6-13-11(10-12)4-3-8-17-13/h3-10,15-16H,1-2H3. The number of hydrogen-bond acceptors (Lipinski definition) is 3. The van der Waals surface area contributed by atoms with Gasteiger partial charge in [0.05, 0.1) is 17.3 Å². The van der Waals surface area contributed by atoms with Crippen LogP contribution in [0, 0.1) is 0 Å². The van der Waals surface area contributed by atoms with Crippen LogP contribution in [0.2, 0.25) is 0 Å². The Morgan fingerprint density at radius 2 is 2.05 bits per heavy atom. The van der Waals surface area contributed by atoms with Crippen LogP contribution in [0.4, 0.5) is 0 Å². The van der Waals surface area contributed by atoms with Gasteiger partial charge in [-0.25, -0.2) is 0 Å². The first-order valence-electron chi connectivity index (χ1n) is 6.29. The van der Waals surface area contributed by atoms with Crippen LogP contribution >= 0.6 is 0 Å². The molecule has 3 rings (SSSR count). The van der Waals surface area contributed by atoms with Gasteiger partial charge in [-0.15, -0.1) is 0 Å². The predicted molar refractivity (Wildman–Crippen MR) is 75.9 cm³/mol. The summed E-state index contributed by atoms with van der Waals surface area (Å²) in [5.41, 5.74) is 3.38. The topological polar surface area (TPSA) is 42.7 Å². The van der Waals surface area contributed by atoms with E-state index >= 15 is 0 Å². The van der Waals surface area contributed by atoms with Crippen molar-refractivity contribution in [1.82, 2.24) is 20.1 Å². The van der Waals surface area contributed by atoms with E-state index in [1.54, 1.807) is 0 Å². The molecular weight excluding hydrogens is 236 g/mol. The van der Waals surface area contributed by atoms with Crippen LogP contribution in [-0.4, -0.2) is 21.8 Å². The highest BCUT2D eigenvalue weighted by Crippen LogP contribution is 2.24. The Hall–Kier alpha value is -2.20. The molecule has 0 radical (unpaired) electrons. The molecule has 0 aliphatic rings. The minimum atomic E-state index is 0.136. The number of aryl methyl sites for hydroxylation is 1. The van der Waals surface area contributed by atoms with Crippen molar-refractivity contribution >= 4 is 10.9 Å². The lowest BCUT2D eigenvalue weighted by atomic mass is 10.0. The number of rotatable bonds is 3. The maximum atomic E-state index is 4.35. The number of fused-ring (bicyclic) bond motifs is 1. The summed E-state index contributed by atoms with van der Waals surface area (Å²) in [6.45, 7) is 0. The fraction of sp³-hybridized carbons (Fsp3) is 0.200. The average molecular weight is 252 g/mol. The Kier molecular flexibility index (Phi) is 3.01. The molecule has 0 saturated heterocycles. The van der Waals surface area contributed by atoms with Crippen molar-refractivity contribution in [2.45, 2.75) is 6.04 Å².